The molecule has 0 spiro atoms. The number of primary amides is 1. The summed E-state index contributed by atoms with van der Waals surface area (Å²) in [4.78, 5) is 11.4. The van der Waals surface area contributed by atoms with Gasteiger partial charge in [0.15, 0.2) is 11.5 Å². The molecule has 0 aromatic heterocycles. The van der Waals surface area contributed by atoms with Gasteiger partial charge in [0.05, 0.1) is 31.6 Å². The molecule has 0 saturated carbocycles. The molecule has 3 N–H and O–H groups in total. The van der Waals surface area contributed by atoms with Crippen molar-refractivity contribution in [1.82, 2.24) is 0 Å². The van der Waals surface area contributed by atoms with Crippen molar-refractivity contribution >= 4 is 11.6 Å². The predicted molar refractivity (Wildman–Crippen MR) is 70.9 cm³/mol. The number of amides is 1. The third-order valence-electron chi connectivity index (χ3n) is 3.02. The predicted octanol–water partition coefficient (Wildman–Crippen LogP) is 1.00. The van der Waals surface area contributed by atoms with Gasteiger partial charge in [-0.3, -0.25) is 4.79 Å². The SMILES string of the molecule is CNc1cc(OC)c(OC2CCOC2)cc1C(N)=O. The molecule has 0 aliphatic carbocycles. The van der Waals surface area contributed by atoms with Crippen molar-refractivity contribution in [2.45, 2.75) is 12.5 Å². The molecule has 1 fully saturated rings. The summed E-state index contributed by atoms with van der Waals surface area (Å²) in [5, 5.41) is 2.91. The maximum Gasteiger partial charge on any atom is 0.250 e. The van der Waals surface area contributed by atoms with Crippen molar-refractivity contribution in [1.29, 1.82) is 0 Å². The molecule has 6 nitrogen and oxygen atoms in total. The van der Waals surface area contributed by atoms with Crippen molar-refractivity contribution in [3.05, 3.63) is 17.7 Å². The number of benzene rings is 1. The molecule has 0 radical (unpaired) electrons. The topological polar surface area (TPSA) is 82.8 Å². The summed E-state index contributed by atoms with van der Waals surface area (Å²) in [5.41, 5.74) is 6.34. The van der Waals surface area contributed by atoms with Gasteiger partial charge in [0, 0.05) is 19.5 Å². The Balaban J connectivity index is 2.34. The van der Waals surface area contributed by atoms with E-state index in [0.717, 1.165) is 6.42 Å². The van der Waals surface area contributed by atoms with E-state index in [9.17, 15) is 4.79 Å². The Kier molecular flexibility index (Phi) is 4.11. The Morgan fingerprint density at radius 1 is 1.47 bits per heavy atom. The lowest BCUT2D eigenvalue weighted by Crippen LogP contribution is -2.18. The molecule has 1 saturated heterocycles. The van der Waals surface area contributed by atoms with Crippen molar-refractivity contribution in [3.8, 4) is 11.5 Å². The second-order valence-electron chi connectivity index (χ2n) is 4.27. The van der Waals surface area contributed by atoms with Crippen LogP contribution in [-0.2, 0) is 4.74 Å². The molecular formula is C13H18N2O4. The van der Waals surface area contributed by atoms with Crippen LogP contribution in [-0.4, -0.2) is 39.4 Å². The summed E-state index contributed by atoms with van der Waals surface area (Å²) in [6.07, 6.45) is 0.804. The van der Waals surface area contributed by atoms with E-state index in [1.165, 1.54) is 0 Å². The van der Waals surface area contributed by atoms with E-state index >= 15 is 0 Å². The largest absolute Gasteiger partial charge is 0.493 e. The number of nitrogens with one attached hydrogen (secondary N) is 1. The standard InChI is InChI=1S/C13H18N2O4/c1-15-10-6-11(17-2)12(5-9(10)13(14)16)19-8-3-4-18-7-8/h5-6,8,15H,3-4,7H2,1-2H3,(H2,14,16). The second kappa shape index (κ2) is 5.79. The molecule has 1 unspecified atom stereocenters. The van der Waals surface area contributed by atoms with E-state index in [1.807, 2.05) is 0 Å². The molecule has 1 aliphatic heterocycles. The van der Waals surface area contributed by atoms with Crippen LogP contribution in [0.1, 0.15) is 16.8 Å². The average molecular weight is 266 g/mol. The van der Waals surface area contributed by atoms with Crippen molar-refractivity contribution < 1.29 is 19.0 Å². The number of anilines is 1. The first-order valence-corrected chi connectivity index (χ1v) is 6.09. The van der Waals surface area contributed by atoms with E-state index in [2.05, 4.69) is 5.32 Å². The molecule has 1 aromatic carbocycles. The molecular weight excluding hydrogens is 248 g/mol. The van der Waals surface area contributed by atoms with E-state index in [4.69, 9.17) is 19.9 Å². The summed E-state index contributed by atoms with van der Waals surface area (Å²) < 4.78 is 16.3. The Bertz CT molecular complexity index is 470. The lowest BCUT2D eigenvalue weighted by Gasteiger charge is -2.17. The van der Waals surface area contributed by atoms with Gasteiger partial charge in [-0.15, -0.1) is 0 Å². The van der Waals surface area contributed by atoms with Crippen LogP contribution in [0, 0.1) is 0 Å². The highest BCUT2D eigenvalue weighted by atomic mass is 16.6. The first kappa shape index (κ1) is 13.5. The average Bonchev–Trinajstić information content (AvgIpc) is 2.91. The molecule has 19 heavy (non-hydrogen) atoms. The molecule has 1 aromatic rings. The summed E-state index contributed by atoms with van der Waals surface area (Å²) in [6.45, 7) is 1.23. The number of ether oxygens (including phenoxy) is 3. The van der Waals surface area contributed by atoms with Crippen LogP contribution in [0.2, 0.25) is 0 Å². The van der Waals surface area contributed by atoms with Crippen LogP contribution in [0.5, 0.6) is 11.5 Å². The number of carbonyl (C=O) groups excluding carboxylic acids is 1. The third-order valence-corrected chi connectivity index (χ3v) is 3.02. The molecule has 104 valence electrons. The second-order valence-corrected chi connectivity index (χ2v) is 4.27. The Morgan fingerprint density at radius 2 is 2.26 bits per heavy atom. The van der Waals surface area contributed by atoms with Crippen LogP contribution in [0.25, 0.3) is 0 Å². The maximum absolute atomic E-state index is 11.4. The van der Waals surface area contributed by atoms with Crippen LogP contribution in [0.15, 0.2) is 12.1 Å². The molecule has 6 heteroatoms. The summed E-state index contributed by atoms with van der Waals surface area (Å²) in [7, 11) is 3.27. The van der Waals surface area contributed by atoms with Gasteiger partial charge in [0.1, 0.15) is 6.10 Å². The molecule has 2 rings (SSSR count). The molecule has 1 aliphatic rings. The minimum atomic E-state index is -0.514. The fourth-order valence-electron chi connectivity index (χ4n) is 2.01. The van der Waals surface area contributed by atoms with Gasteiger partial charge < -0.3 is 25.3 Å². The molecule has 0 bridgehead atoms. The zero-order chi connectivity index (χ0) is 13.8. The minimum Gasteiger partial charge on any atom is -0.493 e. The summed E-state index contributed by atoms with van der Waals surface area (Å²) in [6, 6.07) is 3.30. The zero-order valence-corrected chi connectivity index (χ0v) is 11.1. The summed E-state index contributed by atoms with van der Waals surface area (Å²) in [5.74, 6) is 0.548. The van der Waals surface area contributed by atoms with Gasteiger partial charge in [0.25, 0.3) is 5.91 Å². The Labute approximate surface area is 111 Å². The first-order chi connectivity index (χ1) is 9.15. The fourth-order valence-corrected chi connectivity index (χ4v) is 2.01. The number of rotatable bonds is 5. The van der Waals surface area contributed by atoms with Crippen LogP contribution in [0.4, 0.5) is 5.69 Å². The van der Waals surface area contributed by atoms with Crippen molar-refractivity contribution in [2.24, 2.45) is 5.73 Å². The first-order valence-electron chi connectivity index (χ1n) is 6.09. The van der Waals surface area contributed by atoms with Crippen molar-refractivity contribution in [3.63, 3.8) is 0 Å². The van der Waals surface area contributed by atoms with E-state index in [0.29, 0.717) is 36.0 Å². The highest BCUT2D eigenvalue weighted by molar-refractivity contribution is 5.99. The van der Waals surface area contributed by atoms with Gasteiger partial charge in [-0.2, -0.15) is 0 Å². The number of hydrogen-bond donors (Lipinski definition) is 2. The molecule has 1 atom stereocenters. The number of hydrogen-bond acceptors (Lipinski definition) is 5. The van der Waals surface area contributed by atoms with E-state index in [1.54, 1.807) is 26.3 Å². The van der Waals surface area contributed by atoms with Gasteiger partial charge >= 0.3 is 0 Å². The smallest absolute Gasteiger partial charge is 0.250 e. The quantitative estimate of drug-likeness (QED) is 0.831. The Hall–Kier alpha value is -1.95. The highest BCUT2D eigenvalue weighted by Gasteiger charge is 2.21. The number of nitrogens with two attached hydrogens (primary N) is 1. The van der Waals surface area contributed by atoms with E-state index < -0.39 is 5.91 Å². The zero-order valence-electron chi connectivity index (χ0n) is 11.1. The fraction of sp³-hybridized carbons (Fsp3) is 0.462. The maximum atomic E-state index is 11.4. The monoisotopic (exact) mass is 266 g/mol. The number of carbonyl (C=O) groups is 1. The lowest BCUT2D eigenvalue weighted by molar-refractivity contribution is 0.0999. The van der Waals surface area contributed by atoms with Gasteiger partial charge in [0.2, 0.25) is 0 Å². The lowest BCUT2D eigenvalue weighted by atomic mass is 10.1. The minimum absolute atomic E-state index is 0.0185. The van der Waals surface area contributed by atoms with Gasteiger partial charge in [-0.1, -0.05) is 0 Å². The third kappa shape index (κ3) is 2.90. The normalized spacial score (nSPS) is 18.1. The molecule has 1 heterocycles. The van der Waals surface area contributed by atoms with Crippen LogP contribution >= 0.6 is 0 Å². The van der Waals surface area contributed by atoms with Crippen LogP contribution < -0.4 is 20.5 Å². The van der Waals surface area contributed by atoms with Crippen LogP contribution in [0.3, 0.4) is 0 Å². The number of methoxy groups -OCH3 is 1. The molecule has 1 amide bonds. The van der Waals surface area contributed by atoms with Gasteiger partial charge in [-0.25, -0.2) is 0 Å². The summed E-state index contributed by atoms with van der Waals surface area (Å²) >= 11 is 0. The van der Waals surface area contributed by atoms with E-state index in [-0.39, 0.29) is 6.10 Å². The van der Waals surface area contributed by atoms with Crippen molar-refractivity contribution in [2.75, 3.05) is 32.7 Å². The Morgan fingerprint density at radius 3 is 2.79 bits per heavy atom. The van der Waals surface area contributed by atoms with Gasteiger partial charge in [-0.05, 0) is 6.07 Å². The highest BCUT2D eigenvalue weighted by Crippen LogP contribution is 2.34.